The van der Waals surface area contributed by atoms with Crippen LogP contribution < -0.4 is 26.2 Å². The van der Waals surface area contributed by atoms with Gasteiger partial charge in [-0.1, -0.05) is 78.9 Å². The van der Waals surface area contributed by atoms with Crippen LogP contribution in [0.25, 0.3) is 11.8 Å². The van der Waals surface area contributed by atoms with E-state index in [2.05, 4.69) is 16.0 Å². The summed E-state index contributed by atoms with van der Waals surface area (Å²) in [6.07, 6.45) is 1.58. The van der Waals surface area contributed by atoms with Crippen molar-refractivity contribution in [1.29, 1.82) is 0 Å². The number of hydrogen-bond acceptors (Lipinski definition) is 6. The highest BCUT2D eigenvalue weighted by atomic mass is 32.2. The van der Waals surface area contributed by atoms with Crippen LogP contribution in [0.4, 0.5) is 11.4 Å². The second-order valence-corrected chi connectivity index (χ2v) is 13.1. The number of para-hydroxylation sites is 1. The highest BCUT2D eigenvalue weighted by Crippen LogP contribution is 2.37. The van der Waals surface area contributed by atoms with Gasteiger partial charge in [0.2, 0.25) is 5.91 Å². The fraction of sp³-hybridized carbons (Fsp3) is 0.0952. The van der Waals surface area contributed by atoms with E-state index in [4.69, 9.17) is 4.74 Å². The van der Waals surface area contributed by atoms with E-state index in [1.165, 1.54) is 16.4 Å². The average molecular weight is 724 g/mol. The number of benzene rings is 5. The van der Waals surface area contributed by atoms with E-state index in [0.717, 1.165) is 10.5 Å². The Morgan fingerprint density at radius 3 is 2.08 bits per heavy atom. The molecule has 5 aromatic carbocycles. The van der Waals surface area contributed by atoms with Gasteiger partial charge in [0.05, 0.1) is 18.5 Å². The van der Waals surface area contributed by atoms with E-state index >= 15 is 0 Å². The van der Waals surface area contributed by atoms with Crippen LogP contribution in [-0.4, -0.2) is 34.2 Å². The van der Waals surface area contributed by atoms with Crippen molar-refractivity contribution in [3.63, 3.8) is 0 Å². The second kappa shape index (κ2) is 16.6. The summed E-state index contributed by atoms with van der Waals surface area (Å²) in [5, 5.41) is 7.82. The van der Waals surface area contributed by atoms with Crippen molar-refractivity contribution in [1.82, 2.24) is 14.7 Å². The normalized spacial score (nSPS) is 11.7. The van der Waals surface area contributed by atoms with Gasteiger partial charge in [0.15, 0.2) is 0 Å². The Morgan fingerprint density at radius 2 is 1.42 bits per heavy atom. The first kappa shape index (κ1) is 36.2. The van der Waals surface area contributed by atoms with E-state index in [1.54, 1.807) is 111 Å². The summed E-state index contributed by atoms with van der Waals surface area (Å²) in [6.45, 7) is 1.79. The van der Waals surface area contributed by atoms with Gasteiger partial charge < -0.3 is 20.7 Å². The zero-order chi connectivity index (χ0) is 37.3. The lowest BCUT2D eigenvalue weighted by atomic mass is 10.1. The highest BCUT2D eigenvalue weighted by Gasteiger charge is 2.26. The number of aromatic nitrogens is 2. The lowest BCUT2D eigenvalue weighted by molar-refractivity contribution is -0.116. The van der Waals surface area contributed by atoms with Crippen LogP contribution in [0, 0.1) is 6.92 Å². The summed E-state index contributed by atoms with van der Waals surface area (Å²) >= 11 is 1.31. The lowest BCUT2D eigenvalue weighted by Crippen LogP contribution is -2.30. The number of rotatable bonds is 12. The first-order valence-electron chi connectivity index (χ1n) is 16.7. The Hall–Kier alpha value is -6.59. The Morgan fingerprint density at radius 1 is 0.774 bits per heavy atom. The molecule has 6 aromatic rings. The first-order chi connectivity index (χ1) is 25.7. The number of anilines is 2. The zero-order valence-electron chi connectivity index (χ0n) is 29.3. The minimum absolute atomic E-state index is 0.0360. The summed E-state index contributed by atoms with van der Waals surface area (Å²) in [5.41, 5.74) is 3.50. The van der Waals surface area contributed by atoms with Crippen molar-refractivity contribution in [2.24, 2.45) is 7.05 Å². The van der Waals surface area contributed by atoms with Crippen molar-refractivity contribution in [2.75, 3.05) is 17.7 Å². The molecule has 6 rings (SSSR count). The third kappa shape index (κ3) is 8.66. The number of thioether (sulfide) groups is 1. The van der Waals surface area contributed by atoms with Gasteiger partial charge in [-0.05, 0) is 84.8 Å². The van der Waals surface area contributed by atoms with Crippen molar-refractivity contribution >= 4 is 46.9 Å². The molecular weight excluding hydrogens is 687 g/mol. The van der Waals surface area contributed by atoms with Crippen LogP contribution in [0.1, 0.15) is 32.4 Å². The summed E-state index contributed by atoms with van der Waals surface area (Å²) in [7, 11) is 3.33. The quantitative estimate of drug-likeness (QED) is 0.0895. The van der Waals surface area contributed by atoms with Gasteiger partial charge in [0.1, 0.15) is 22.4 Å². The van der Waals surface area contributed by atoms with Crippen LogP contribution in [0.3, 0.4) is 0 Å². The van der Waals surface area contributed by atoms with Gasteiger partial charge >= 0.3 is 0 Å². The predicted molar refractivity (Wildman–Crippen MR) is 209 cm³/mol. The van der Waals surface area contributed by atoms with Gasteiger partial charge in [-0.2, -0.15) is 0 Å². The standard InChI is InChI=1S/C42H37N5O5S/c1-28-37(42(51)47(46(28)2)33-19-11-6-12-20-33)45-41(50)38(30-15-7-4-8-16-30)53-35-24-22-32(23-25-35)43-40(49)36(27-29-14-13-21-34(26-29)52-3)44-39(48)31-17-9-5-10-18-31/h4-27,38H,1-3H3,(H,43,49)(H,44,48)(H,45,50)/b36-27-. The molecule has 0 bridgehead atoms. The Balaban J connectivity index is 1.21. The molecule has 3 amide bonds. The summed E-state index contributed by atoms with van der Waals surface area (Å²) in [4.78, 5) is 54.9. The molecule has 10 nitrogen and oxygen atoms in total. The third-order valence-corrected chi connectivity index (χ3v) is 9.71. The highest BCUT2D eigenvalue weighted by molar-refractivity contribution is 8.00. The van der Waals surface area contributed by atoms with E-state index in [0.29, 0.717) is 33.9 Å². The number of ether oxygens (including phenoxy) is 1. The van der Waals surface area contributed by atoms with E-state index in [9.17, 15) is 19.2 Å². The molecule has 11 heteroatoms. The molecular formula is C42H37N5O5S. The van der Waals surface area contributed by atoms with Crippen molar-refractivity contribution in [3.8, 4) is 11.4 Å². The number of nitrogens with zero attached hydrogens (tertiary/aromatic N) is 2. The second-order valence-electron chi connectivity index (χ2n) is 12.0. The maximum absolute atomic E-state index is 14.0. The Labute approximate surface area is 311 Å². The molecule has 266 valence electrons. The number of carbonyl (C=O) groups excluding carboxylic acids is 3. The molecule has 0 fully saturated rings. The molecule has 1 unspecified atom stereocenters. The molecule has 1 atom stereocenters. The molecule has 3 N–H and O–H groups in total. The SMILES string of the molecule is COc1cccc(/C=C(\NC(=O)c2ccccc2)C(=O)Nc2ccc(SC(C(=O)Nc3c(C)n(C)n(-c4ccccc4)c3=O)c3ccccc3)cc2)c1. The third-order valence-electron chi connectivity index (χ3n) is 8.44. The van der Waals surface area contributed by atoms with Crippen LogP contribution in [0.5, 0.6) is 5.75 Å². The van der Waals surface area contributed by atoms with Crippen LogP contribution >= 0.6 is 11.8 Å². The van der Waals surface area contributed by atoms with Gasteiger partial charge in [-0.25, -0.2) is 4.68 Å². The Kier molecular flexibility index (Phi) is 11.4. The largest absolute Gasteiger partial charge is 0.497 e. The smallest absolute Gasteiger partial charge is 0.295 e. The minimum Gasteiger partial charge on any atom is -0.497 e. The molecule has 0 aliphatic rings. The zero-order valence-corrected chi connectivity index (χ0v) is 30.1. The van der Waals surface area contributed by atoms with E-state index in [1.807, 2.05) is 60.7 Å². The minimum atomic E-state index is -0.702. The summed E-state index contributed by atoms with van der Waals surface area (Å²) < 4.78 is 8.57. The number of hydrogen-bond donors (Lipinski definition) is 3. The molecule has 0 aliphatic carbocycles. The van der Waals surface area contributed by atoms with E-state index in [-0.39, 0.29) is 22.9 Å². The average Bonchev–Trinajstić information content (AvgIpc) is 3.40. The number of nitrogens with one attached hydrogen (secondary N) is 3. The number of amides is 3. The topological polar surface area (TPSA) is 123 Å². The number of carbonyl (C=O) groups is 3. The molecule has 1 heterocycles. The Bertz CT molecular complexity index is 2320. The first-order valence-corrected chi connectivity index (χ1v) is 17.6. The van der Waals surface area contributed by atoms with Gasteiger partial charge in [-0.15, -0.1) is 11.8 Å². The fourth-order valence-corrected chi connectivity index (χ4v) is 6.62. The molecule has 0 saturated carbocycles. The molecule has 1 aromatic heterocycles. The monoisotopic (exact) mass is 723 g/mol. The lowest BCUT2D eigenvalue weighted by Gasteiger charge is -2.17. The van der Waals surface area contributed by atoms with Crippen LogP contribution in [0.2, 0.25) is 0 Å². The summed E-state index contributed by atoms with van der Waals surface area (Å²) in [5.74, 6) is -0.715. The van der Waals surface area contributed by atoms with Crippen LogP contribution in [-0.2, 0) is 16.6 Å². The summed E-state index contributed by atoms with van der Waals surface area (Å²) in [6, 6.07) is 41.4. The maximum Gasteiger partial charge on any atom is 0.295 e. The molecule has 0 spiro atoms. The molecule has 53 heavy (non-hydrogen) atoms. The van der Waals surface area contributed by atoms with Gasteiger partial charge in [-0.3, -0.25) is 23.9 Å². The van der Waals surface area contributed by atoms with E-state index < -0.39 is 17.1 Å². The molecule has 0 saturated heterocycles. The molecule has 0 aliphatic heterocycles. The van der Waals surface area contributed by atoms with Gasteiger partial charge in [0.25, 0.3) is 17.4 Å². The van der Waals surface area contributed by atoms with Crippen LogP contribution in [0.15, 0.2) is 155 Å². The fourth-order valence-electron chi connectivity index (χ4n) is 5.59. The van der Waals surface area contributed by atoms with Crippen molar-refractivity contribution < 1.29 is 19.1 Å². The van der Waals surface area contributed by atoms with Crippen molar-refractivity contribution in [3.05, 3.63) is 178 Å². The number of methoxy groups -OCH3 is 1. The van der Waals surface area contributed by atoms with Crippen molar-refractivity contribution in [2.45, 2.75) is 17.1 Å². The predicted octanol–water partition coefficient (Wildman–Crippen LogP) is 7.37. The molecule has 0 radical (unpaired) electrons. The van der Waals surface area contributed by atoms with Gasteiger partial charge in [0, 0.05) is 23.2 Å². The maximum atomic E-state index is 14.0.